The number of nitrogens with one attached hydrogen (secondary N) is 1. The number of halogens is 2. The van der Waals surface area contributed by atoms with E-state index in [4.69, 9.17) is 25.8 Å². The second kappa shape index (κ2) is 11.5. The molecule has 0 atom stereocenters. The number of methoxy groups -OCH3 is 1. The third kappa shape index (κ3) is 7.70. The van der Waals surface area contributed by atoms with E-state index in [1.54, 1.807) is 7.11 Å². The van der Waals surface area contributed by atoms with Gasteiger partial charge in [-0.2, -0.15) is 0 Å². The molecule has 0 bridgehead atoms. The monoisotopic (exact) mass is 455 g/mol. The van der Waals surface area contributed by atoms with Crippen LogP contribution in [-0.2, 0) is 17.9 Å². The van der Waals surface area contributed by atoms with Crippen LogP contribution in [0.3, 0.4) is 0 Å². The second-order valence-electron chi connectivity index (χ2n) is 6.46. The molecule has 0 spiro atoms. The van der Waals surface area contributed by atoms with Gasteiger partial charge in [-0.05, 0) is 62.2 Å². The average Bonchev–Trinajstić information content (AvgIpc) is 2.63. The van der Waals surface area contributed by atoms with Crippen molar-refractivity contribution in [2.45, 2.75) is 39.5 Å². The summed E-state index contributed by atoms with van der Waals surface area (Å²) in [6, 6.07) is 11.6. The fourth-order valence-corrected chi connectivity index (χ4v) is 3.19. The molecule has 2 aromatic carbocycles. The third-order valence-corrected chi connectivity index (χ3v) is 4.85. The van der Waals surface area contributed by atoms with Crippen LogP contribution in [0, 0.1) is 0 Å². The Morgan fingerprint density at radius 2 is 1.96 bits per heavy atom. The smallest absolute Gasteiger partial charge is 0.162 e. The van der Waals surface area contributed by atoms with Crippen LogP contribution in [0.15, 0.2) is 40.9 Å². The summed E-state index contributed by atoms with van der Waals surface area (Å²) in [6.07, 6.45) is 1.26. The van der Waals surface area contributed by atoms with E-state index in [0.717, 1.165) is 41.7 Å². The summed E-state index contributed by atoms with van der Waals surface area (Å²) < 4.78 is 18.0. The first kappa shape index (κ1) is 22.0. The highest BCUT2D eigenvalue weighted by atomic mass is 79.9. The molecule has 0 aliphatic rings. The lowest BCUT2D eigenvalue weighted by Gasteiger charge is -2.15. The zero-order chi connectivity index (χ0) is 19.6. The van der Waals surface area contributed by atoms with E-state index >= 15 is 0 Å². The minimum atomic E-state index is 0.280. The first-order valence-electron chi connectivity index (χ1n) is 9.05. The first-order valence-corrected chi connectivity index (χ1v) is 10.2. The molecule has 0 unspecified atom stereocenters. The van der Waals surface area contributed by atoms with E-state index in [0.29, 0.717) is 23.1 Å². The van der Waals surface area contributed by atoms with Crippen molar-refractivity contribution in [1.29, 1.82) is 0 Å². The van der Waals surface area contributed by atoms with Gasteiger partial charge in [0, 0.05) is 22.6 Å². The Morgan fingerprint density at radius 3 is 2.67 bits per heavy atom. The van der Waals surface area contributed by atoms with Gasteiger partial charge in [0.1, 0.15) is 6.61 Å². The predicted octanol–water partition coefficient (Wildman–Crippen LogP) is 5.59. The summed E-state index contributed by atoms with van der Waals surface area (Å²) in [5.74, 6) is 1.40. The van der Waals surface area contributed by atoms with Crippen molar-refractivity contribution >= 4 is 27.5 Å². The molecular weight excluding hydrogens is 430 g/mol. The van der Waals surface area contributed by atoms with Crippen LogP contribution in [0.4, 0.5) is 0 Å². The number of rotatable bonds is 11. The molecule has 0 amide bonds. The Labute approximate surface area is 175 Å². The van der Waals surface area contributed by atoms with Gasteiger partial charge >= 0.3 is 0 Å². The molecule has 0 aromatic heterocycles. The molecule has 2 aromatic rings. The predicted molar refractivity (Wildman–Crippen MR) is 114 cm³/mol. The maximum Gasteiger partial charge on any atom is 0.162 e. The van der Waals surface area contributed by atoms with Crippen molar-refractivity contribution in [3.8, 4) is 11.5 Å². The van der Waals surface area contributed by atoms with E-state index in [1.807, 2.05) is 50.2 Å². The van der Waals surface area contributed by atoms with Gasteiger partial charge in [0.05, 0.1) is 13.2 Å². The summed E-state index contributed by atoms with van der Waals surface area (Å²) >= 11 is 9.65. The molecule has 6 heteroatoms. The summed E-state index contributed by atoms with van der Waals surface area (Å²) in [6.45, 7) is 6.93. The van der Waals surface area contributed by atoms with Gasteiger partial charge in [0.25, 0.3) is 0 Å². The van der Waals surface area contributed by atoms with Crippen LogP contribution in [0.5, 0.6) is 11.5 Å². The molecule has 0 heterocycles. The van der Waals surface area contributed by atoms with Gasteiger partial charge in [-0.1, -0.05) is 39.7 Å². The Balaban J connectivity index is 1.91. The number of hydrogen-bond donors (Lipinski definition) is 1. The van der Waals surface area contributed by atoms with Crippen LogP contribution < -0.4 is 14.8 Å². The van der Waals surface area contributed by atoms with E-state index in [9.17, 15) is 0 Å². The first-order chi connectivity index (χ1) is 13.0. The standard InChI is InChI=1S/C21H27BrClNO3/c1-15(2)26-9-5-8-24-13-17-11-20(25-3)21(12-19(17)22)27-14-16-6-4-7-18(23)10-16/h4,6-7,10-12,15,24H,5,8-9,13-14H2,1-3H3. The van der Waals surface area contributed by atoms with Gasteiger partial charge in [-0.3, -0.25) is 0 Å². The summed E-state index contributed by atoms with van der Waals surface area (Å²) in [5.41, 5.74) is 2.13. The Hall–Kier alpha value is -1.27. The van der Waals surface area contributed by atoms with Crippen molar-refractivity contribution < 1.29 is 14.2 Å². The number of hydrogen-bond acceptors (Lipinski definition) is 4. The second-order valence-corrected chi connectivity index (χ2v) is 7.75. The van der Waals surface area contributed by atoms with E-state index in [2.05, 4.69) is 21.2 Å². The zero-order valence-corrected chi connectivity index (χ0v) is 18.4. The molecule has 0 radical (unpaired) electrons. The van der Waals surface area contributed by atoms with Gasteiger partial charge in [0.2, 0.25) is 0 Å². The average molecular weight is 457 g/mol. The van der Waals surface area contributed by atoms with Crippen LogP contribution in [0.25, 0.3) is 0 Å². The molecule has 0 saturated carbocycles. The lowest BCUT2D eigenvalue weighted by Crippen LogP contribution is -2.17. The van der Waals surface area contributed by atoms with Crippen molar-refractivity contribution in [2.24, 2.45) is 0 Å². The summed E-state index contributed by atoms with van der Waals surface area (Å²) in [4.78, 5) is 0. The highest BCUT2D eigenvalue weighted by molar-refractivity contribution is 9.10. The zero-order valence-electron chi connectivity index (χ0n) is 16.1. The topological polar surface area (TPSA) is 39.7 Å². The highest BCUT2D eigenvalue weighted by Crippen LogP contribution is 2.34. The molecule has 0 aliphatic heterocycles. The quantitative estimate of drug-likeness (QED) is 0.447. The lowest BCUT2D eigenvalue weighted by molar-refractivity contribution is 0.0770. The summed E-state index contributed by atoms with van der Waals surface area (Å²) in [5, 5.41) is 4.13. The van der Waals surface area contributed by atoms with Gasteiger partial charge in [-0.15, -0.1) is 0 Å². The fourth-order valence-electron chi connectivity index (χ4n) is 2.51. The molecule has 0 aliphatic carbocycles. The van der Waals surface area contributed by atoms with Crippen molar-refractivity contribution in [2.75, 3.05) is 20.3 Å². The fraction of sp³-hybridized carbons (Fsp3) is 0.429. The third-order valence-electron chi connectivity index (χ3n) is 3.88. The summed E-state index contributed by atoms with van der Waals surface area (Å²) in [7, 11) is 1.65. The van der Waals surface area contributed by atoms with Gasteiger partial charge < -0.3 is 19.5 Å². The largest absolute Gasteiger partial charge is 0.493 e. The SMILES string of the molecule is COc1cc(CNCCCOC(C)C)c(Br)cc1OCc1cccc(Cl)c1. The minimum absolute atomic E-state index is 0.280. The van der Waals surface area contributed by atoms with Crippen molar-refractivity contribution in [3.63, 3.8) is 0 Å². The Morgan fingerprint density at radius 1 is 1.15 bits per heavy atom. The Kier molecular flexibility index (Phi) is 9.42. The van der Waals surface area contributed by atoms with E-state index in [-0.39, 0.29) is 6.10 Å². The van der Waals surface area contributed by atoms with Gasteiger partial charge in [-0.25, -0.2) is 0 Å². The minimum Gasteiger partial charge on any atom is -0.493 e. The molecule has 0 saturated heterocycles. The highest BCUT2D eigenvalue weighted by Gasteiger charge is 2.11. The molecular formula is C21H27BrClNO3. The number of benzene rings is 2. The van der Waals surface area contributed by atoms with Crippen molar-refractivity contribution in [1.82, 2.24) is 5.32 Å². The lowest BCUT2D eigenvalue weighted by atomic mass is 10.2. The molecule has 148 valence electrons. The molecule has 27 heavy (non-hydrogen) atoms. The van der Waals surface area contributed by atoms with Crippen LogP contribution in [0.1, 0.15) is 31.4 Å². The van der Waals surface area contributed by atoms with E-state index < -0.39 is 0 Å². The van der Waals surface area contributed by atoms with Gasteiger partial charge in [0.15, 0.2) is 11.5 Å². The molecule has 0 fully saturated rings. The normalized spacial score (nSPS) is 11.0. The molecule has 4 nitrogen and oxygen atoms in total. The van der Waals surface area contributed by atoms with E-state index in [1.165, 1.54) is 0 Å². The van der Waals surface area contributed by atoms with Crippen LogP contribution in [-0.4, -0.2) is 26.4 Å². The van der Waals surface area contributed by atoms with Crippen molar-refractivity contribution in [3.05, 3.63) is 57.0 Å². The number of ether oxygens (including phenoxy) is 3. The van der Waals surface area contributed by atoms with Crippen LogP contribution >= 0.6 is 27.5 Å². The maximum atomic E-state index is 6.02. The molecule has 1 N–H and O–H groups in total. The Bertz CT molecular complexity index is 725. The molecule has 2 rings (SSSR count). The van der Waals surface area contributed by atoms with Crippen LogP contribution in [0.2, 0.25) is 5.02 Å². The maximum absolute atomic E-state index is 6.02.